The van der Waals surface area contributed by atoms with E-state index in [-0.39, 0.29) is 35.2 Å². The van der Waals surface area contributed by atoms with Crippen molar-refractivity contribution in [3.8, 4) is 0 Å². The molecule has 0 radical (unpaired) electrons. The molecule has 6 nitrogen and oxygen atoms in total. The number of piperidine rings is 1. The molecule has 2 aliphatic rings. The monoisotopic (exact) mass is 471 g/mol. The lowest BCUT2D eigenvalue weighted by atomic mass is 9.93. The summed E-state index contributed by atoms with van der Waals surface area (Å²) in [6.45, 7) is 3.81. The van der Waals surface area contributed by atoms with Gasteiger partial charge in [-0.05, 0) is 50.0 Å². The number of nitrogens with zero attached hydrogens (tertiary/aromatic N) is 3. The van der Waals surface area contributed by atoms with Crippen LogP contribution in [0.1, 0.15) is 49.9 Å². The average Bonchev–Trinajstić information content (AvgIpc) is 3.56. The molecule has 1 saturated heterocycles. The van der Waals surface area contributed by atoms with Gasteiger partial charge in [0.2, 0.25) is 0 Å². The number of Topliss-reactive ketones (excluding diaryl/α,β-unsaturated/α-hetero) is 1. The van der Waals surface area contributed by atoms with Crippen molar-refractivity contribution in [3.05, 3.63) is 59.2 Å². The second-order valence-electron chi connectivity index (χ2n) is 8.65. The molecule has 1 aliphatic carbocycles. The highest BCUT2D eigenvalue weighted by molar-refractivity contribution is 7.81. The number of likely N-dealkylation sites (tertiary alicyclic amines) is 1. The number of hydrogen-bond donors (Lipinski definition) is 1. The summed E-state index contributed by atoms with van der Waals surface area (Å²) in [7, 11) is 0. The van der Waals surface area contributed by atoms with Crippen LogP contribution in [0.4, 0.5) is 4.39 Å². The van der Waals surface area contributed by atoms with Gasteiger partial charge in [0.25, 0.3) is 0 Å². The lowest BCUT2D eigenvalue weighted by Crippen LogP contribution is -2.42. The summed E-state index contributed by atoms with van der Waals surface area (Å²) in [4.78, 5) is 26.8. The number of aryl methyl sites for hydroxylation is 1. The minimum absolute atomic E-state index is 0.0332. The Hall–Kier alpha value is -2.45. The maximum absolute atomic E-state index is 14.7. The first-order valence-electron chi connectivity index (χ1n) is 11.6. The number of esters is 1. The highest BCUT2D eigenvalue weighted by Gasteiger charge is 2.40. The highest BCUT2D eigenvalue weighted by atomic mass is 32.1. The quantitative estimate of drug-likeness (QED) is 0.441. The molecule has 0 N–H and O–H groups in total. The Labute approximate surface area is 199 Å². The summed E-state index contributed by atoms with van der Waals surface area (Å²) in [6, 6.07) is 7.90. The van der Waals surface area contributed by atoms with E-state index in [9.17, 15) is 14.0 Å². The molecule has 2 heterocycles. The summed E-state index contributed by atoms with van der Waals surface area (Å²) < 4.78 is 21.4. The van der Waals surface area contributed by atoms with E-state index in [4.69, 9.17) is 17.4 Å². The first-order chi connectivity index (χ1) is 16.0. The van der Waals surface area contributed by atoms with E-state index in [2.05, 4.69) is 10.00 Å². The van der Waals surface area contributed by atoms with Crippen LogP contribution in [-0.4, -0.2) is 51.4 Å². The van der Waals surface area contributed by atoms with E-state index in [1.54, 1.807) is 29.8 Å². The molecule has 1 aromatic carbocycles. The van der Waals surface area contributed by atoms with Crippen LogP contribution in [0.15, 0.2) is 42.1 Å². The van der Waals surface area contributed by atoms with E-state index < -0.39 is 6.04 Å². The van der Waals surface area contributed by atoms with E-state index in [1.165, 1.54) is 6.07 Å². The largest absolute Gasteiger partial charge is 0.466 e. The van der Waals surface area contributed by atoms with Gasteiger partial charge in [0.05, 0.1) is 31.3 Å². The predicted octanol–water partition coefficient (Wildman–Crippen LogP) is 4.08. The summed E-state index contributed by atoms with van der Waals surface area (Å²) in [5, 5.41) is 4.58. The smallest absolute Gasteiger partial charge is 0.307 e. The number of carbonyl (C=O) groups is 2. The molecule has 4 rings (SSSR count). The normalized spacial score (nSPS) is 21.2. The Balaban J connectivity index is 1.51. The van der Waals surface area contributed by atoms with Crippen LogP contribution in [0.5, 0.6) is 0 Å². The number of halogens is 1. The molecule has 0 unspecified atom stereocenters. The van der Waals surface area contributed by atoms with Crippen LogP contribution in [0.3, 0.4) is 0 Å². The molecular weight excluding hydrogens is 441 g/mol. The molecule has 1 saturated carbocycles. The molecule has 176 valence electrons. The van der Waals surface area contributed by atoms with Crippen LogP contribution in [0.2, 0.25) is 0 Å². The molecule has 33 heavy (non-hydrogen) atoms. The fourth-order valence-corrected chi connectivity index (χ4v) is 4.55. The number of rotatable bonds is 9. The van der Waals surface area contributed by atoms with Crippen molar-refractivity contribution in [1.82, 2.24) is 14.7 Å². The standard InChI is InChI=1S/C25H30FN3O3S/c1-2-32-23(30)11-14-29-13-9-19(27-29)15-18-16-28(12-10-22(18)33)24(25(31)17-7-8-17)20-5-3-4-6-21(20)26/h3-6,9,13,15,17,22,24,33H,2,7-8,10-12,14,16H2,1H3/t22-,24+/m1/s1. The average molecular weight is 472 g/mol. The fourth-order valence-electron chi connectivity index (χ4n) is 4.28. The van der Waals surface area contributed by atoms with Crippen molar-refractivity contribution in [2.75, 3.05) is 19.7 Å². The molecule has 1 aromatic heterocycles. The molecule has 0 spiro atoms. The summed E-state index contributed by atoms with van der Waals surface area (Å²) in [6.07, 6.45) is 6.63. The first kappa shape index (κ1) is 23.7. The van der Waals surface area contributed by atoms with Gasteiger partial charge in [0.1, 0.15) is 5.82 Å². The zero-order valence-electron chi connectivity index (χ0n) is 18.8. The molecule has 2 aromatic rings. The Bertz CT molecular complexity index is 1030. The van der Waals surface area contributed by atoms with Gasteiger partial charge in [0.15, 0.2) is 5.78 Å². The number of thiol groups is 1. The molecule has 0 amide bonds. The van der Waals surface area contributed by atoms with Crippen LogP contribution < -0.4 is 0 Å². The Morgan fingerprint density at radius 2 is 2.06 bits per heavy atom. The fraction of sp³-hybridized carbons (Fsp3) is 0.480. The third-order valence-electron chi connectivity index (χ3n) is 6.16. The van der Waals surface area contributed by atoms with Crippen molar-refractivity contribution < 1.29 is 18.7 Å². The number of hydrogen-bond acceptors (Lipinski definition) is 6. The zero-order valence-corrected chi connectivity index (χ0v) is 19.7. The molecule has 1 aliphatic heterocycles. The van der Waals surface area contributed by atoms with Crippen molar-refractivity contribution >= 4 is 30.5 Å². The molecule has 0 bridgehead atoms. The summed E-state index contributed by atoms with van der Waals surface area (Å²) in [5.74, 6) is -0.438. The van der Waals surface area contributed by atoms with Crippen molar-refractivity contribution in [3.63, 3.8) is 0 Å². The number of benzene rings is 1. The minimum Gasteiger partial charge on any atom is -0.466 e. The third kappa shape index (κ3) is 5.92. The van der Waals surface area contributed by atoms with Gasteiger partial charge < -0.3 is 4.74 Å². The van der Waals surface area contributed by atoms with Crippen molar-refractivity contribution in [2.45, 2.75) is 50.4 Å². The van der Waals surface area contributed by atoms with Crippen molar-refractivity contribution in [1.29, 1.82) is 0 Å². The number of carbonyl (C=O) groups excluding carboxylic acids is 2. The Morgan fingerprint density at radius 3 is 2.79 bits per heavy atom. The van der Waals surface area contributed by atoms with E-state index in [0.717, 1.165) is 30.5 Å². The van der Waals surface area contributed by atoms with Crippen molar-refractivity contribution in [2.24, 2.45) is 5.92 Å². The van der Waals surface area contributed by atoms with Gasteiger partial charge >= 0.3 is 5.97 Å². The second-order valence-corrected chi connectivity index (χ2v) is 9.28. The Morgan fingerprint density at radius 1 is 1.27 bits per heavy atom. The van der Waals surface area contributed by atoms with E-state index in [1.807, 2.05) is 18.3 Å². The van der Waals surface area contributed by atoms with Crippen LogP contribution in [0.25, 0.3) is 6.08 Å². The van der Waals surface area contributed by atoms with Gasteiger partial charge in [0, 0.05) is 36.0 Å². The number of ether oxygens (including phenoxy) is 1. The summed E-state index contributed by atoms with van der Waals surface area (Å²) >= 11 is 4.76. The first-order valence-corrected chi connectivity index (χ1v) is 12.1. The SMILES string of the molecule is CCOC(=O)CCn1ccc(C=C2CN([C@H](C(=O)C3CC3)c3ccccc3F)CC[C@H]2S)n1. The highest BCUT2D eigenvalue weighted by Crippen LogP contribution is 2.39. The predicted molar refractivity (Wildman–Crippen MR) is 127 cm³/mol. The van der Waals surface area contributed by atoms with Crippen LogP contribution >= 0.6 is 12.6 Å². The second kappa shape index (κ2) is 10.7. The van der Waals surface area contributed by atoms with Gasteiger partial charge in [-0.1, -0.05) is 18.2 Å². The van der Waals surface area contributed by atoms with Gasteiger partial charge in [-0.2, -0.15) is 17.7 Å². The van der Waals surface area contributed by atoms with Gasteiger partial charge in [-0.3, -0.25) is 19.2 Å². The minimum atomic E-state index is -0.579. The van der Waals surface area contributed by atoms with E-state index in [0.29, 0.717) is 31.8 Å². The van der Waals surface area contributed by atoms with Gasteiger partial charge in [-0.15, -0.1) is 0 Å². The maximum Gasteiger partial charge on any atom is 0.307 e. The maximum atomic E-state index is 14.7. The molecular formula is C25H30FN3O3S. The molecule has 2 atom stereocenters. The molecule has 8 heteroatoms. The number of ketones is 1. The Kier molecular flexibility index (Phi) is 7.65. The lowest BCUT2D eigenvalue weighted by molar-refractivity contribution is -0.143. The zero-order chi connectivity index (χ0) is 23.4. The van der Waals surface area contributed by atoms with Crippen LogP contribution in [0, 0.1) is 11.7 Å². The lowest BCUT2D eigenvalue weighted by Gasteiger charge is -2.37. The number of aromatic nitrogens is 2. The summed E-state index contributed by atoms with van der Waals surface area (Å²) in [5.41, 5.74) is 2.27. The topological polar surface area (TPSA) is 64.4 Å². The third-order valence-corrected chi connectivity index (χ3v) is 6.75. The van der Waals surface area contributed by atoms with Gasteiger partial charge in [-0.25, -0.2) is 4.39 Å². The van der Waals surface area contributed by atoms with E-state index >= 15 is 0 Å². The van der Waals surface area contributed by atoms with Crippen LogP contribution in [-0.2, 0) is 20.9 Å². The molecule has 2 fully saturated rings.